The molecule has 2 amide bonds. The number of sulfonamides is 1. The lowest BCUT2D eigenvalue weighted by atomic mass is 10.1. The summed E-state index contributed by atoms with van der Waals surface area (Å²) in [5, 5.41) is 9.04. The van der Waals surface area contributed by atoms with Gasteiger partial charge in [-0.05, 0) is 66.9 Å². The topological polar surface area (TPSA) is 194 Å². The monoisotopic (exact) mass is 929 g/mol. The molecule has 4 aromatic carbocycles. The molecule has 0 saturated carbocycles. The second-order valence-corrected chi connectivity index (χ2v) is 18.6. The Labute approximate surface area is 390 Å². The van der Waals surface area contributed by atoms with E-state index in [4.69, 9.17) is 4.74 Å². The van der Waals surface area contributed by atoms with E-state index < -0.39 is 33.4 Å². The summed E-state index contributed by atoms with van der Waals surface area (Å²) >= 11 is 0. The van der Waals surface area contributed by atoms with Crippen molar-refractivity contribution in [1.29, 1.82) is 0 Å². The molecule has 1 unspecified atom stereocenters. The van der Waals surface area contributed by atoms with Crippen molar-refractivity contribution < 1.29 is 22.7 Å². The number of amides is 2. The lowest BCUT2D eigenvalue weighted by molar-refractivity contribution is -0.118. The number of carbonyl (C=O) groups is 2. The van der Waals surface area contributed by atoms with Crippen LogP contribution in [0.1, 0.15) is 94.7 Å². The number of hydrogen-bond donors (Lipinski definition) is 4. The fraction of sp³-hybridized carbons (Fsp3) is 0.340. The standard InChI is InChI=1S/C50H59N9O7S/c1-4-5-6-7-8-9-10-11-12-19-28-44(60)53-40-26-20-21-27-42(40)66-35-52-38-30-29-36(2)41(33-38)54-48(61)45(47-55-46-43(31-32-51-46)67(64,65)56(47)3)58-49(62)57(34-37-22-15-13-16-23-37)59(50(58)63)39-24-17-14-18-25-39/h13-18,20-27,29-33,45,51-52H,4-12,19,28,34-35H2,1-3H3,(H,53,60)(H,54,61). The predicted molar refractivity (Wildman–Crippen MR) is 262 cm³/mol. The van der Waals surface area contributed by atoms with Gasteiger partial charge in [-0.25, -0.2) is 32.2 Å². The first-order valence-corrected chi connectivity index (χ1v) is 24.4. The number of aliphatic imine (C=N–C) groups is 1. The van der Waals surface area contributed by atoms with Gasteiger partial charge in [0.2, 0.25) is 5.91 Å². The van der Waals surface area contributed by atoms with E-state index in [0.29, 0.717) is 46.0 Å². The number of nitrogens with one attached hydrogen (secondary N) is 4. The summed E-state index contributed by atoms with van der Waals surface area (Å²) in [4.78, 5) is 64.4. The van der Waals surface area contributed by atoms with Crippen LogP contribution in [0, 0.1) is 6.92 Å². The van der Waals surface area contributed by atoms with Gasteiger partial charge in [0.05, 0.1) is 17.9 Å². The molecule has 1 aliphatic heterocycles. The lowest BCUT2D eigenvalue weighted by Crippen LogP contribution is -2.50. The number of anilines is 3. The molecule has 0 aliphatic carbocycles. The Balaban J connectivity index is 1.09. The zero-order chi connectivity index (χ0) is 47.3. The average Bonchev–Trinajstić information content (AvgIpc) is 3.90. The largest absolute Gasteiger partial charge is 0.471 e. The maximum Gasteiger partial charge on any atom is 0.353 e. The molecule has 1 atom stereocenters. The molecule has 0 bridgehead atoms. The third-order valence-electron chi connectivity index (χ3n) is 11.8. The number of benzene rings is 4. The van der Waals surface area contributed by atoms with Crippen LogP contribution >= 0.6 is 0 Å². The molecule has 0 saturated heterocycles. The van der Waals surface area contributed by atoms with Gasteiger partial charge in [0, 0.05) is 31.0 Å². The Kier molecular flexibility index (Phi) is 16.0. The van der Waals surface area contributed by atoms with Gasteiger partial charge in [-0.1, -0.05) is 131 Å². The van der Waals surface area contributed by atoms with E-state index in [-0.39, 0.29) is 35.7 Å². The van der Waals surface area contributed by atoms with E-state index in [1.54, 1.807) is 91.9 Å². The van der Waals surface area contributed by atoms with Crippen LogP contribution in [0.2, 0.25) is 0 Å². The summed E-state index contributed by atoms with van der Waals surface area (Å²) in [7, 11) is -3.05. The number of aryl methyl sites for hydroxylation is 1. The molecule has 0 spiro atoms. The highest BCUT2D eigenvalue weighted by molar-refractivity contribution is 7.90. The second-order valence-electron chi connectivity index (χ2n) is 16.6. The van der Waals surface area contributed by atoms with Crippen LogP contribution in [-0.2, 0) is 26.2 Å². The normalized spacial score (nSPS) is 13.4. The van der Waals surface area contributed by atoms with Crippen LogP contribution in [0.4, 0.5) is 22.9 Å². The van der Waals surface area contributed by atoms with E-state index in [9.17, 15) is 27.6 Å². The molecule has 3 heterocycles. The highest BCUT2D eigenvalue weighted by Crippen LogP contribution is 2.33. The maximum atomic E-state index is 14.9. The van der Waals surface area contributed by atoms with Crippen molar-refractivity contribution >= 4 is 50.6 Å². The number of nitrogens with zero attached hydrogens (tertiary/aromatic N) is 5. The van der Waals surface area contributed by atoms with E-state index >= 15 is 0 Å². The average molecular weight is 930 g/mol. The second kappa shape index (κ2) is 22.4. The molecule has 6 aromatic rings. The summed E-state index contributed by atoms with van der Waals surface area (Å²) in [5.41, 5.74) is 1.32. The molecule has 4 N–H and O–H groups in total. The van der Waals surface area contributed by atoms with Gasteiger partial charge in [-0.2, -0.15) is 4.68 Å². The molecular weight excluding hydrogens is 871 g/mol. The van der Waals surface area contributed by atoms with Crippen LogP contribution in [0.5, 0.6) is 5.75 Å². The lowest BCUT2D eigenvalue weighted by Gasteiger charge is -2.29. The SMILES string of the molecule is CCCCCCCCCCCCC(=O)Nc1ccccc1OCNc1ccc(C)c(NC(=O)C(C2=Nc3[nH]ccc3S(=O)(=O)N2C)n2c(=O)n(Cc3ccccc3)n(-c3ccccc3)c2=O)c1. The quantitative estimate of drug-likeness (QED) is 0.0362. The molecule has 1 aliphatic rings. The summed E-state index contributed by atoms with van der Waals surface area (Å²) in [6.45, 7) is 3.94. The minimum atomic E-state index is -4.27. The van der Waals surface area contributed by atoms with E-state index in [0.717, 1.165) is 28.1 Å². The van der Waals surface area contributed by atoms with Crippen molar-refractivity contribution in [3.8, 4) is 11.4 Å². The Morgan fingerprint density at radius 2 is 1.42 bits per heavy atom. The third kappa shape index (κ3) is 11.5. The molecule has 17 heteroatoms. The van der Waals surface area contributed by atoms with Crippen molar-refractivity contribution in [2.45, 2.75) is 102 Å². The summed E-state index contributed by atoms with van der Waals surface area (Å²) < 4.78 is 37.7. The molecule has 2 aromatic heterocycles. The first-order chi connectivity index (χ1) is 32.5. The number of amidine groups is 1. The van der Waals surface area contributed by atoms with Gasteiger partial charge < -0.3 is 25.7 Å². The summed E-state index contributed by atoms with van der Waals surface area (Å²) in [6, 6.07) is 29.4. The van der Waals surface area contributed by atoms with E-state index in [1.165, 1.54) is 73.6 Å². The summed E-state index contributed by atoms with van der Waals surface area (Å²) in [6.07, 6.45) is 13.7. The van der Waals surface area contributed by atoms with Crippen LogP contribution in [0.25, 0.3) is 5.69 Å². The van der Waals surface area contributed by atoms with Crippen molar-refractivity contribution in [3.05, 3.63) is 147 Å². The first kappa shape index (κ1) is 47.8. The van der Waals surface area contributed by atoms with Gasteiger partial charge in [0.1, 0.15) is 10.6 Å². The summed E-state index contributed by atoms with van der Waals surface area (Å²) in [5.74, 6) is -0.933. The Morgan fingerprint density at radius 3 is 2.13 bits per heavy atom. The van der Waals surface area contributed by atoms with Crippen LogP contribution in [0.15, 0.2) is 135 Å². The molecule has 0 fully saturated rings. The van der Waals surface area contributed by atoms with Crippen molar-refractivity contribution in [3.63, 3.8) is 0 Å². The highest BCUT2D eigenvalue weighted by atomic mass is 32.2. The number of carbonyl (C=O) groups excluding carboxylic acids is 2. The minimum absolute atomic E-state index is 0.00824. The minimum Gasteiger partial charge on any atom is -0.471 e. The number of rotatable bonds is 23. The molecular formula is C50H59N9O7S. The Morgan fingerprint density at radius 1 is 0.761 bits per heavy atom. The molecule has 0 radical (unpaired) electrons. The fourth-order valence-corrected chi connectivity index (χ4v) is 9.33. The first-order valence-electron chi connectivity index (χ1n) is 22.9. The number of ether oxygens (including phenoxy) is 1. The van der Waals surface area contributed by atoms with Crippen LogP contribution in [-0.4, -0.2) is 63.1 Å². The fourth-order valence-electron chi connectivity index (χ4n) is 8.06. The van der Waals surface area contributed by atoms with Crippen molar-refractivity contribution in [1.82, 2.24) is 23.2 Å². The van der Waals surface area contributed by atoms with Crippen LogP contribution < -0.4 is 32.1 Å². The smallest absolute Gasteiger partial charge is 0.353 e. The number of aromatic amines is 1. The number of likely N-dealkylation sites (N-methyl/N-ethyl adjacent to an activating group) is 1. The van der Waals surface area contributed by atoms with Crippen LogP contribution in [0.3, 0.4) is 0 Å². The van der Waals surface area contributed by atoms with Crippen molar-refractivity contribution in [2.24, 2.45) is 4.99 Å². The number of aromatic nitrogens is 4. The number of unbranched alkanes of at least 4 members (excludes halogenated alkanes) is 9. The van der Waals surface area contributed by atoms with E-state index in [1.807, 2.05) is 18.2 Å². The molecule has 67 heavy (non-hydrogen) atoms. The van der Waals surface area contributed by atoms with Gasteiger partial charge in [-0.3, -0.25) is 13.9 Å². The molecule has 7 rings (SSSR count). The van der Waals surface area contributed by atoms with Gasteiger partial charge >= 0.3 is 11.4 Å². The van der Waals surface area contributed by atoms with Gasteiger partial charge in [-0.15, -0.1) is 0 Å². The zero-order valence-electron chi connectivity index (χ0n) is 38.2. The Hall–Kier alpha value is -7.14. The zero-order valence-corrected chi connectivity index (χ0v) is 39.1. The van der Waals surface area contributed by atoms with Crippen molar-refractivity contribution in [2.75, 3.05) is 29.7 Å². The predicted octanol–water partition coefficient (Wildman–Crippen LogP) is 8.73. The highest BCUT2D eigenvalue weighted by Gasteiger charge is 2.42. The number of para-hydroxylation sites is 3. The number of H-pyrrole nitrogens is 1. The molecule has 16 nitrogen and oxygen atoms in total. The number of hydrogen-bond acceptors (Lipinski definition) is 9. The molecule has 352 valence electrons. The maximum absolute atomic E-state index is 14.9. The number of fused-ring (bicyclic) bond motifs is 1. The Bertz CT molecular complexity index is 2900. The van der Waals surface area contributed by atoms with Gasteiger partial charge in [0.25, 0.3) is 15.9 Å². The van der Waals surface area contributed by atoms with E-state index in [2.05, 4.69) is 32.9 Å². The third-order valence-corrected chi connectivity index (χ3v) is 13.6. The van der Waals surface area contributed by atoms with Gasteiger partial charge in [0.15, 0.2) is 24.4 Å².